The number of benzene rings is 3. The highest BCUT2D eigenvalue weighted by atomic mass is 35.5. The fraction of sp³-hybridized carbons (Fsp3) is 0.367. The molecule has 1 atom stereocenters. The fourth-order valence-corrected chi connectivity index (χ4v) is 5.47. The molecule has 2 aliphatic rings. The smallest absolute Gasteiger partial charge is 0.119 e. The summed E-state index contributed by atoms with van der Waals surface area (Å²) in [5.41, 5.74) is 3.28. The first-order chi connectivity index (χ1) is 17.2. The Labute approximate surface area is 211 Å². The Morgan fingerprint density at radius 1 is 0.829 bits per heavy atom. The van der Waals surface area contributed by atoms with Gasteiger partial charge in [-0.05, 0) is 86.2 Å². The van der Waals surface area contributed by atoms with Crippen molar-refractivity contribution in [3.63, 3.8) is 0 Å². The van der Waals surface area contributed by atoms with E-state index in [1.54, 1.807) is 0 Å². The molecule has 6 rings (SSSR count). The van der Waals surface area contributed by atoms with E-state index in [0.29, 0.717) is 18.6 Å². The van der Waals surface area contributed by atoms with E-state index >= 15 is 0 Å². The molecular weight excluding hydrogens is 456 g/mol. The third-order valence-electron chi connectivity index (χ3n) is 7.34. The van der Waals surface area contributed by atoms with Crippen LogP contribution in [0.2, 0.25) is 5.02 Å². The van der Waals surface area contributed by atoms with E-state index in [9.17, 15) is 0 Å². The van der Waals surface area contributed by atoms with Crippen molar-refractivity contribution in [2.45, 2.75) is 57.0 Å². The minimum atomic E-state index is 0.237. The van der Waals surface area contributed by atoms with Crippen molar-refractivity contribution < 1.29 is 9.47 Å². The normalized spacial score (nSPS) is 17.4. The summed E-state index contributed by atoms with van der Waals surface area (Å²) in [6, 6.07) is 24.5. The largest absolute Gasteiger partial charge is 0.493 e. The van der Waals surface area contributed by atoms with Gasteiger partial charge in [-0.15, -0.1) is 0 Å². The van der Waals surface area contributed by atoms with Crippen LogP contribution < -0.4 is 9.47 Å². The van der Waals surface area contributed by atoms with E-state index in [1.807, 2.05) is 36.4 Å². The molecule has 4 aromatic rings. The molecule has 4 nitrogen and oxygen atoms in total. The Morgan fingerprint density at radius 2 is 1.54 bits per heavy atom. The second kappa shape index (κ2) is 9.94. The van der Waals surface area contributed by atoms with Gasteiger partial charge >= 0.3 is 0 Å². The van der Waals surface area contributed by atoms with Crippen molar-refractivity contribution in [2.24, 2.45) is 5.92 Å². The monoisotopic (exact) mass is 486 g/mol. The van der Waals surface area contributed by atoms with Crippen molar-refractivity contribution in [3.05, 3.63) is 83.5 Å². The lowest BCUT2D eigenvalue weighted by molar-refractivity contribution is 0.208. The fourth-order valence-electron chi connectivity index (χ4n) is 5.34. The summed E-state index contributed by atoms with van der Waals surface area (Å²) in [6.45, 7) is 0.622. The number of halogens is 1. The Bertz CT molecular complexity index is 1270. The van der Waals surface area contributed by atoms with Gasteiger partial charge in [-0.2, -0.15) is 5.10 Å². The average molecular weight is 487 g/mol. The molecule has 1 unspecified atom stereocenters. The van der Waals surface area contributed by atoms with Crippen LogP contribution in [0.15, 0.2) is 72.8 Å². The molecule has 5 heteroatoms. The van der Waals surface area contributed by atoms with E-state index < -0.39 is 0 Å². The summed E-state index contributed by atoms with van der Waals surface area (Å²) in [7, 11) is 0. The summed E-state index contributed by atoms with van der Waals surface area (Å²) in [5.74, 6) is 2.61. The summed E-state index contributed by atoms with van der Waals surface area (Å²) in [6.07, 6.45) is 9.06. The lowest BCUT2D eigenvalue weighted by atomic mass is 9.78. The molecule has 2 saturated carbocycles. The quantitative estimate of drug-likeness (QED) is 0.253. The van der Waals surface area contributed by atoms with Crippen molar-refractivity contribution in [1.29, 1.82) is 0 Å². The number of ether oxygens (including phenoxy) is 2. The van der Waals surface area contributed by atoms with E-state index in [4.69, 9.17) is 26.2 Å². The van der Waals surface area contributed by atoms with Gasteiger partial charge in [0, 0.05) is 16.3 Å². The number of rotatable bonds is 8. The second-order valence-electron chi connectivity index (χ2n) is 9.89. The summed E-state index contributed by atoms with van der Waals surface area (Å²) < 4.78 is 14.5. The topological polar surface area (TPSA) is 36.3 Å². The second-order valence-corrected chi connectivity index (χ2v) is 10.3. The van der Waals surface area contributed by atoms with Gasteiger partial charge in [0.25, 0.3) is 0 Å². The average Bonchev–Trinajstić information content (AvgIpc) is 3.64. The minimum Gasteiger partial charge on any atom is -0.493 e. The van der Waals surface area contributed by atoms with Crippen molar-refractivity contribution in [2.75, 3.05) is 6.61 Å². The molecule has 0 radical (unpaired) electrons. The van der Waals surface area contributed by atoms with E-state index in [1.165, 1.54) is 43.2 Å². The van der Waals surface area contributed by atoms with Crippen LogP contribution in [0.1, 0.15) is 56.6 Å². The molecule has 1 aromatic heterocycles. The minimum absolute atomic E-state index is 0.237. The van der Waals surface area contributed by atoms with Gasteiger partial charge in [0.15, 0.2) is 0 Å². The highest BCUT2D eigenvalue weighted by molar-refractivity contribution is 6.30. The third-order valence-corrected chi connectivity index (χ3v) is 7.59. The van der Waals surface area contributed by atoms with E-state index in [0.717, 1.165) is 40.6 Å². The molecule has 0 amide bonds. The SMILES string of the molecule is Clc1ccc(-n2nc3ccccc3c2C(COc2ccc(OC3CC3)cc2)C2CCCCC2)cc1. The summed E-state index contributed by atoms with van der Waals surface area (Å²) in [4.78, 5) is 0. The Balaban J connectivity index is 1.35. The third kappa shape index (κ3) is 5.04. The maximum absolute atomic E-state index is 6.46. The molecule has 0 N–H and O–H groups in total. The van der Waals surface area contributed by atoms with Crippen LogP contribution in [0.5, 0.6) is 11.5 Å². The van der Waals surface area contributed by atoms with Crippen LogP contribution in [-0.4, -0.2) is 22.5 Å². The number of hydrogen-bond acceptors (Lipinski definition) is 3. The molecule has 0 saturated heterocycles. The molecular formula is C30H31ClN2O2. The first-order valence-electron chi connectivity index (χ1n) is 12.9. The number of hydrogen-bond donors (Lipinski definition) is 0. The molecule has 3 aromatic carbocycles. The number of fused-ring (bicyclic) bond motifs is 1. The maximum Gasteiger partial charge on any atom is 0.119 e. The van der Waals surface area contributed by atoms with Crippen molar-refractivity contribution in [1.82, 2.24) is 9.78 Å². The standard InChI is InChI=1S/C30H31ClN2O2/c31-22-10-12-23(13-11-22)33-30(27-8-4-5-9-29(27)32-33)28(21-6-2-1-3-7-21)20-34-24-14-16-25(17-15-24)35-26-18-19-26/h4-5,8-17,21,26,28H,1-3,6-7,18-20H2. The Kier molecular flexibility index (Phi) is 6.39. The van der Waals surface area contributed by atoms with E-state index in [-0.39, 0.29) is 5.92 Å². The lowest BCUT2D eigenvalue weighted by Crippen LogP contribution is -2.25. The molecule has 2 fully saturated rings. The zero-order chi connectivity index (χ0) is 23.6. The van der Waals surface area contributed by atoms with Gasteiger partial charge in [-0.25, -0.2) is 4.68 Å². The zero-order valence-electron chi connectivity index (χ0n) is 19.9. The molecule has 0 aliphatic heterocycles. The predicted molar refractivity (Wildman–Crippen MR) is 141 cm³/mol. The summed E-state index contributed by atoms with van der Waals surface area (Å²) in [5, 5.41) is 6.96. The lowest BCUT2D eigenvalue weighted by Gasteiger charge is -2.31. The maximum atomic E-state index is 6.46. The molecule has 1 heterocycles. The van der Waals surface area contributed by atoms with Crippen molar-refractivity contribution in [3.8, 4) is 17.2 Å². The zero-order valence-corrected chi connectivity index (χ0v) is 20.7. The Morgan fingerprint density at radius 3 is 2.29 bits per heavy atom. The first-order valence-corrected chi connectivity index (χ1v) is 13.3. The molecule has 35 heavy (non-hydrogen) atoms. The highest BCUT2D eigenvalue weighted by Gasteiger charge is 2.31. The molecule has 180 valence electrons. The number of aromatic nitrogens is 2. The van der Waals surface area contributed by atoms with E-state index in [2.05, 4.69) is 41.1 Å². The van der Waals surface area contributed by atoms with Gasteiger partial charge in [-0.3, -0.25) is 0 Å². The molecule has 0 spiro atoms. The van der Waals surface area contributed by atoms with Gasteiger partial charge in [0.2, 0.25) is 0 Å². The Hall–Kier alpha value is -2.98. The van der Waals surface area contributed by atoms with Crippen molar-refractivity contribution >= 4 is 22.5 Å². The number of nitrogens with zero attached hydrogens (tertiary/aromatic N) is 2. The van der Waals surface area contributed by atoms with Crippen LogP contribution in [0, 0.1) is 5.92 Å². The molecule has 0 bridgehead atoms. The van der Waals surface area contributed by atoms with Gasteiger partial charge in [-0.1, -0.05) is 49.1 Å². The summed E-state index contributed by atoms with van der Waals surface area (Å²) >= 11 is 6.20. The highest BCUT2D eigenvalue weighted by Crippen LogP contribution is 2.40. The van der Waals surface area contributed by atoms with Crippen LogP contribution in [0.25, 0.3) is 16.6 Å². The van der Waals surface area contributed by atoms with Crippen LogP contribution in [0.4, 0.5) is 0 Å². The van der Waals surface area contributed by atoms with Gasteiger partial charge in [0.05, 0.1) is 29.6 Å². The molecule has 2 aliphatic carbocycles. The van der Waals surface area contributed by atoms with Gasteiger partial charge in [0.1, 0.15) is 11.5 Å². The van der Waals surface area contributed by atoms with Gasteiger partial charge < -0.3 is 9.47 Å². The van der Waals surface area contributed by atoms with Crippen LogP contribution in [-0.2, 0) is 0 Å². The first kappa shape index (κ1) is 22.5. The van der Waals surface area contributed by atoms with Crippen LogP contribution in [0.3, 0.4) is 0 Å². The van der Waals surface area contributed by atoms with Crippen LogP contribution >= 0.6 is 11.6 Å². The predicted octanol–water partition coefficient (Wildman–Crippen LogP) is 7.96.